The van der Waals surface area contributed by atoms with Crippen LogP contribution in [0.5, 0.6) is 0 Å². The van der Waals surface area contributed by atoms with E-state index in [4.69, 9.17) is 5.11 Å². The Morgan fingerprint density at radius 2 is 1.95 bits per heavy atom. The van der Waals surface area contributed by atoms with Crippen molar-refractivity contribution in [3.8, 4) is 0 Å². The van der Waals surface area contributed by atoms with Gasteiger partial charge < -0.3 is 9.84 Å². The number of esters is 1. The smallest absolute Gasteiger partial charge is 0.318 e. The van der Waals surface area contributed by atoms with Crippen LogP contribution in [0.25, 0.3) is 0 Å². The first-order valence-electron chi connectivity index (χ1n) is 6.52. The highest BCUT2D eigenvalue weighted by molar-refractivity contribution is 7.89. The van der Waals surface area contributed by atoms with Crippen LogP contribution in [0.2, 0.25) is 0 Å². The Hall–Kier alpha value is -1.15. The van der Waals surface area contributed by atoms with Gasteiger partial charge in [-0.15, -0.1) is 0 Å². The summed E-state index contributed by atoms with van der Waals surface area (Å²) in [7, 11) is -2.62. The molecule has 0 aromatic rings. The van der Waals surface area contributed by atoms with Crippen molar-refractivity contribution < 1.29 is 27.9 Å². The molecule has 0 saturated heterocycles. The van der Waals surface area contributed by atoms with Gasteiger partial charge in [-0.3, -0.25) is 9.59 Å². The van der Waals surface area contributed by atoms with Gasteiger partial charge in [-0.2, -0.15) is 4.31 Å². The van der Waals surface area contributed by atoms with E-state index < -0.39 is 45.7 Å². The minimum Gasteiger partial charge on any atom is -0.480 e. The second-order valence-electron chi connectivity index (χ2n) is 5.18. The Bertz CT molecular complexity index is 472. The Morgan fingerprint density at radius 3 is 2.40 bits per heavy atom. The third kappa shape index (κ3) is 3.49. The van der Waals surface area contributed by atoms with Crippen molar-refractivity contribution in [3.63, 3.8) is 0 Å². The SMILES string of the molecule is COC(=O)C1CCCC1S(=O)(=O)N(CC(=O)O)C(C)C. The van der Waals surface area contributed by atoms with Crippen molar-refractivity contribution >= 4 is 22.0 Å². The zero-order valence-corrected chi connectivity index (χ0v) is 12.7. The molecule has 1 N–H and O–H groups in total. The van der Waals surface area contributed by atoms with Crippen molar-refractivity contribution in [2.75, 3.05) is 13.7 Å². The van der Waals surface area contributed by atoms with Gasteiger partial charge in [0.05, 0.1) is 18.3 Å². The maximum Gasteiger partial charge on any atom is 0.318 e. The number of hydrogen-bond donors (Lipinski definition) is 1. The van der Waals surface area contributed by atoms with Gasteiger partial charge >= 0.3 is 11.9 Å². The lowest BCUT2D eigenvalue weighted by molar-refractivity contribution is -0.145. The summed E-state index contributed by atoms with van der Waals surface area (Å²) in [6.07, 6.45) is 1.42. The lowest BCUT2D eigenvalue weighted by Crippen LogP contribution is -2.47. The zero-order valence-electron chi connectivity index (χ0n) is 11.9. The number of ether oxygens (including phenoxy) is 1. The molecule has 0 aliphatic heterocycles. The summed E-state index contributed by atoms with van der Waals surface area (Å²) in [6, 6.07) is -0.477. The fourth-order valence-corrected chi connectivity index (χ4v) is 4.93. The average molecular weight is 307 g/mol. The summed E-state index contributed by atoms with van der Waals surface area (Å²) in [4.78, 5) is 22.5. The highest BCUT2D eigenvalue weighted by Gasteiger charge is 2.45. The van der Waals surface area contributed by atoms with Crippen molar-refractivity contribution in [1.29, 1.82) is 0 Å². The van der Waals surface area contributed by atoms with E-state index in [0.717, 1.165) is 4.31 Å². The van der Waals surface area contributed by atoms with Gasteiger partial charge in [0.1, 0.15) is 6.54 Å². The Morgan fingerprint density at radius 1 is 1.35 bits per heavy atom. The highest BCUT2D eigenvalue weighted by Crippen LogP contribution is 2.34. The van der Waals surface area contributed by atoms with Crippen molar-refractivity contribution in [2.45, 2.75) is 44.4 Å². The predicted octanol–water partition coefficient (Wildman–Crippen LogP) is 0.453. The Balaban J connectivity index is 3.06. The van der Waals surface area contributed by atoms with Gasteiger partial charge in [-0.1, -0.05) is 6.42 Å². The number of nitrogens with zero attached hydrogens (tertiary/aromatic N) is 1. The standard InChI is InChI=1S/C12H21NO6S/c1-8(2)13(7-11(14)15)20(17,18)10-6-4-5-9(10)12(16)19-3/h8-10H,4-7H2,1-3H3,(H,14,15). The number of sulfonamides is 1. The molecule has 7 nitrogen and oxygen atoms in total. The van der Waals surface area contributed by atoms with E-state index in [1.165, 1.54) is 7.11 Å². The molecule has 0 aromatic carbocycles. The summed E-state index contributed by atoms with van der Waals surface area (Å²) in [5, 5.41) is 7.97. The highest BCUT2D eigenvalue weighted by atomic mass is 32.2. The number of carbonyl (C=O) groups is 2. The van der Waals surface area contributed by atoms with Crippen LogP contribution in [-0.2, 0) is 24.3 Å². The fourth-order valence-electron chi connectivity index (χ4n) is 2.58. The molecule has 116 valence electrons. The van der Waals surface area contributed by atoms with E-state index in [9.17, 15) is 18.0 Å². The van der Waals surface area contributed by atoms with Crippen LogP contribution in [0, 0.1) is 5.92 Å². The number of rotatable bonds is 6. The number of aliphatic carboxylic acids is 1. The molecule has 0 heterocycles. The summed E-state index contributed by atoms with van der Waals surface area (Å²) in [5.74, 6) is -2.47. The lowest BCUT2D eigenvalue weighted by Gasteiger charge is -2.29. The second-order valence-corrected chi connectivity index (χ2v) is 7.28. The molecule has 0 bridgehead atoms. The number of hydrogen-bond acceptors (Lipinski definition) is 5. The zero-order chi connectivity index (χ0) is 15.5. The molecule has 1 aliphatic rings. The molecule has 1 saturated carbocycles. The van der Waals surface area contributed by atoms with Crippen LogP contribution in [0.4, 0.5) is 0 Å². The molecule has 2 atom stereocenters. The molecule has 8 heteroatoms. The molecule has 20 heavy (non-hydrogen) atoms. The van der Waals surface area contributed by atoms with Crippen LogP contribution in [0.15, 0.2) is 0 Å². The molecular weight excluding hydrogens is 286 g/mol. The topological polar surface area (TPSA) is 101 Å². The number of carboxylic acid groups (broad SMARTS) is 1. The van der Waals surface area contributed by atoms with Crippen LogP contribution >= 0.6 is 0 Å². The average Bonchev–Trinajstić information content (AvgIpc) is 2.84. The second kappa shape index (κ2) is 6.53. The van der Waals surface area contributed by atoms with Gasteiger partial charge in [0.15, 0.2) is 0 Å². The monoisotopic (exact) mass is 307 g/mol. The third-order valence-corrected chi connectivity index (χ3v) is 6.07. The van der Waals surface area contributed by atoms with Crippen LogP contribution in [0.1, 0.15) is 33.1 Å². The van der Waals surface area contributed by atoms with E-state index in [0.29, 0.717) is 19.3 Å². The Labute approximate surface area is 118 Å². The van der Waals surface area contributed by atoms with Gasteiger partial charge in [0.25, 0.3) is 0 Å². The molecule has 0 spiro atoms. The van der Waals surface area contributed by atoms with Crippen molar-refractivity contribution in [1.82, 2.24) is 4.31 Å². The van der Waals surface area contributed by atoms with Gasteiger partial charge in [-0.05, 0) is 26.7 Å². The summed E-state index contributed by atoms with van der Waals surface area (Å²) in [6.45, 7) is 2.63. The molecule has 1 rings (SSSR count). The Kier molecular flexibility index (Phi) is 5.52. The van der Waals surface area contributed by atoms with Gasteiger partial charge in [0, 0.05) is 6.04 Å². The molecule has 0 amide bonds. The first-order chi connectivity index (χ1) is 9.21. The first kappa shape index (κ1) is 16.9. The minimum atomic E-state index is -3.85. The molecular formula is C12H21NO6S. The normalized spacial score (nSPS) is 23.2. The molecule has 0 aromatic heterocycles. The van der Waals surface area contributed by atoms with Crippen molar-refractivity contribution in [3.05, 3.63) is 0 Å². The van der Waals surface area contributed by atoms with E-state index in [1.807, 2.05) is 0 Å². The summed E-state index contributed by atoms with van der Waals surface area (Å²) in [5.41, 5.74) is 0. The largest absolute Gasteiger partial charge is 0.480 e. The van der Waals surface area contributed by atoms with Gasteiger partial charge in [-0.25, -0.2) is 8.42 Å². The molecule has 2 unspecified atom stereocenters. The van der Waals surface area contributed by atoms with Crippen LogP contribution < -0.4 is 0 Å². The van der Waals surface area contributed by atoms with E-state index >= 15 is 0 Å². The summed E-state index contributed by atoms with van der Waals surface area (Å²) < 4.78 is 30.8. The minimum absolute atomic E-state index is 0.352. The van der Waals surface area contributed by atoms with E-state index in [2.05, 4.69) is 4.74 Å². The van der Waals surface area contributed by atoms with Crippen LogP contribution in [-0.4, -0.2) is 54.7 Å². The van der Waals surface area contributed by atoms with Crippen LogP contribution in [0.3, 0.4) is 0 Å². The van der Waals surface area contributed by atoms with E-state index in [1.54, 1.807) is 13.8 Å². The lowest BCUT2D eigenvalue weighted by atomic mass is 10.1. The number of carboxylic acids is 1. The molecule has 1 aliphatic carbocycles. The molecule has 0 radical (unpaired) electrons. The quantitative estimate of drug-likeness (QED) is 0.715. The maximum atomic E-state index is 12.6. The van der Waals surface area contributed by atoms with Gasteiger partial charge in [0.2, 0.25) is 10.0 Å². The predicted molar refractivity (Wildman–Crippen MR) is 71.5 cm³/mol. The first-order valence-corrected chi connectivity index (χ1v) is 8.02. The maximum absolute atomic E-state index is 12.6. The third-order valence-electron chi connectivity index (χ3n) is 3.53. The number of methoxy groups -OCH3 is 1. The molecule has 1 fully saturated rings. The van der Waals surface area contributed by atoms with Crippen molar-refractivity contribution in [2.24, 2.45) is 5.92 Å². The fraction of sp³-hybridized carbons (Fsp3) is 0.833. The van der Waals surface area contributed by atoms with E-state index in [-0.39, 0.29) is 0 Å². The summed E-state index contributed by atoms with van der Waals surface area (Å²) >= 11 is 0. The number of carbonyl (C=O) groups excluding carboxylic acids is 1.